The van der Waals surface area contributed by atoms with E-state index in [1.54, 1.807) is 0 Å². The third-order valence-electron chi connectivity index (χ3n) is 4.85. The molecule has 0 spiro atoms. The summed E-state index contributed by atoms with van der Waals surface area (Å²) < 4.78 is 0. The topological polar surface area (TPSA) is 49.6 Å². The number of rotatable bonds is 3. The smallest absolute Gasteiger partial charge is 0.239 e. The molecule has 0 aromatic carbocycles. The molecule has 1 aliphatic carbocycles. The molecule has 19 heavy (non-hydrogen) atoms. The summed E-state index contributed by atoms with van der Waals surface area (Å²) in [4.78, 5) is 17.0. The summed E-state index contributed by atoms with van der Waals surface area (Å²) in [6, 6.07) is 1.10. The van der Waals surface area contributed by atoms with Crippen molar-refractivity contribution in [3.63, 3.8) is 0 Å². The first-order valence-corrected chi connectivity index (χ1v) is 7.87. The minimum absolute atomic E-state index is 0.00981. The molecule has 2 rings (SSSR count). The molecule has 2 unspecified atom stereocenters. The van der Waals surface area contributed by atoms with Gasteiger partial charge in [-0.25, -0.2) is 0 Å². The second kappa shape index (κ2) is 6.71. The van der Waals surface area contributed by atoms with E-state index in [4.69, 9.17) is 5.73 Å². The van der Waals surface area contributed by atoms with Crippen molar-refractivity contribution in [1.82, 2.24) is 9.80 Å². The number of amides is 1. The Hall–Kier alpha value is -0.610. The minimum atomic E-state index is 0.00981. The van der Waals surface area contributed by atoms with Gasteiger partial charge in [-0.05, 0) is 39.2 Å². The van der Waals surface area contributed by atoms with Gasteiger partial charge in [0, 0.05) is 25.7 Å². The van der Waals surface area contributed by atoms with Gasteiger partial charge in [0.05, 0.1) is 6.04 Å². The van der Waals surface area contributed by atoms with Crippen LogP contribution in [0.2, 0.25) is 0 Å². The average Bonchev–Trinajstić information content (AvgIpc) is 2.53. The zero-order valence-corrected chi connectivity index (χ0v) is 12.5. The molecule has 0 aromatic rings. The summed E-state index contributed by atoms with van der Waals surface area (Å²) in [5.41, 5.74) is 5.76. The Morgan fingerprint density at radius 1 is 1.21 bits per heavy atom. The van der Waals surface area contributed by atoms with Crippen molar-refractivity contribution in [1.29, 1.82) is 0 Å². The highest BCUT2D eigenvalue weighted by Crippen LogP contribution is 2.29. The van der Waals surface area contributed by atoms with Crippen molar-refractivity contribution in [2.45, 2.75) is 70.0 Å². The standard InChI is InChI=1S/C15H29N3O/c1-12-9-11-17(2)15(19)14(8-10-16)18(12)13-6-4-3-5-7-13/h12-14H,3-11,16H2,1-2H3. The Kier molecular flexibility index (Phi) is 5.22. The Morgan fingerprint density at radius 3 is 2.53 bits per heavy atom. The number of carbonyl (C=O) groups is 1. The van der Waals surface area contributed by atoms with Crippen LogP contribution in [0.4, 0.5) is 0 Å². The fraction of sp³-hybridized carbons (Fsp3) is 0.933. The van der Waals surface area contributed by atoms with E-state index in [-0.39, 0.29) is 11.9 Å². The van der Waals surface area contributed by atoms with Crippen LogP contribution in [0, 0.1) is 0 Å². The Morgan fingerprint density at radius 2 is 1.89 bits per heavy atom. The third kappa shape index (κ3) is 3.29. The normalized spacial score (nSPS) is 31.5. The van der Waals surface area contributed by atoms with E-state index in [1.165, 1.54) is 32.1 Å². The lowest BCUT2D eigenvalue weighted by Crippen LogP contribution is -2.53. The average molecular weight is 267 g/mol. The molecule has 1 aliphatic heterocycles. The first kappa shape index (κ1) is 14.8. The Balaban J connectivity index is 2.19. The number of nitrogens with two attached hydrogens (primary N) is 1. The summed E-state index contributed by atoms with van der Waals surface area (Å²) in [6.07, 6.45) is 8.36. The number of likely N-dealkylation sites (N-methyl/N-ethyl adjacent to an activating group) is 1. The molecule has 0 radical (unpaired) electrons. The number of hydrogen-bond acceptors (Lipinski definition) is 3. The number of carbonyl (C=O) groups excluding carboxylic acids is 1. The molecule has 0 aromatic heterocycles. The van der Waals surface area contributed by atoms with E-state index in [0.29, 0.717) is 18.6 Å². The van der Waals surface area contributed by atoms with E-state index >= 15 is 0 Å². The highest BCUT2D eigenvalue weighted by atomic mass is 16.2. The summed E-state index contributed by atoms with van der Waals surface area (Å²) in [5.74, 6) is 0.278. The predicted molar refractivity (Wildman–Crippen MR) is 77.9 cm³/mol. The van der Waals surface area contributed by atoms with Gasteiger partial charge in [-0.2, -0.15) is 0 Å². The molecular formula is C15H29N3O. The predicted octanol–water partition coefficient (Wildman–Crippen LogP) is 1.59. The van der Waals surface area contributed by atoms with Gasteiger partial charge in [-0.15, -0.1) is 0 Å². The van der Waals surface area contributed by atoms with Crippen molar-refractivity contribution < 1.29 is 4.79 Å². The highest BCUT2D eigenvalue weighted by Gasteiger charge is 2.38. The molecule has 4 nitrogen and oxygen atoms in total. The summed E-state index contributed by atoms with van der Waals surface area (Å²) in [7, 11) is 1.93. The van der Waals surface area contributed by atoms with Crippen molar-refractivity contribution >= 4 is 5.91 Å². The lowest BCUT2D eigenvalue weighted by atomic mass is 9.91. The van der Waals surface area contributed by atoms with E-state index in [9.17, 15) is 4.79 Å². The van der Waals surface area contributed by atoms with Crippen LogP contribution in [0.15, 0.2) is 0 Å². The van der Waals surface area contributed by atoms with Gasteiger partial charge >= 0.3 is 0 Å². The maximum Gasteiger partial charge on any atom is 0.239 e. The van der Waals surface area contributed by atoms with Gasteiger partial charge in [0.1, 0.15) is 0 Å². The molecule has 2 fully saturated rings. The summed E-state index contributed by atoms with van der Waals surface area (Å²) >= 11 is 0. The van der Waals surface area contributed by atoms with Crippen molar-refractivity contribution in [3.8, 4) is 0 Å². The Labute approximate surface area is 117 Å². The molecule has 1 amide bonds. The third-order valence-corrected chi connectivity index (χ3v) is 4.85. The Bertz CT molecular complexity index is 302. The molecule has 2 aliphatic rings. The van der Waals surface area contributed by atoms with E-state index in [2.05, 4.69) is 11.8 Å². The van der Waals surface area contributed by atoms with Gasteiger partial charge in [0.25, 0.3) is 0 Å². The molecule has 0 bridgehead atoms. The van der Waals surface area contributed by atoms with E-state index < -0.39 is 0 Å². The molecule has 1 heterocycles. The SMILES string of the molecule is CC1CCN(C)C(=O)C(CCN)N1C1CCCCC1. The highest BCUT2D eigenvalue weighted by molar-refractivity contribution is 5.82. The van der Waals surface area contributed by atoms with Crippen LogP contribution in [0.25, 0.3) is 0 Å². The van der Waals surface area contributed by atoms with Gasteiger partial charge in [-0.3, -0.25) is 9.69 Å². The van der Waals surface area contributed by atoms with Crippen LogP contribution >= 0.6 is 0 Å². The first-order chi connectivity index (χ1) is 9.15. The fourth-order valence-corrected chi connectivity index (χ4v) is 3.75. The van der Waals surface area contributed by atoms with Crippen molar-refractivity contribution in [3.05, 3.63) is 0 Å². The van der Waals surface area contributed by atoms with Crippen LogP contribution in [-0.4, -0.2) is 54.0 Å². The van der Waals surface area contributed by atoms with E-state index in [0.717, 1.165) is 19.4 Å². The van der Waals surface area contributed by atoms with Crippen molar-refractivity contribution in [2.75, 3.05) is 20.1 Å². The molecule has 4 heteroatoms. The second-order valence-corrected chi connectivity index (χ2v) is 6.23. The molecule has 2 N–H and O–H groups in total. The fourth-order valence-electron chi connectivity index (χ4n) is 3.75. The molecule has 110 valence electrons. The number of nitrogens with zero attached hydrogens (tertiary/aromatic N) is 2. The van der Waals surface area contributed by atoms with Gasteiger partial charge in [0.2, 0.25) is 5.91 Å². The number of hydrogen-bond donors (Lipinski definition) is 1. The maximum absolute atomic E-state index is 12.6. The van der Waals surface area contributed by atoms with E-state index in [1.807, 2.05) is 11.9 Å². The van der Waals surface area contributed by atoms with Crippen LogP contribution in [0.3, 0.4) is 0 Å². The minimum Gasteiger partial charge on any atom is -0.344 e. The zero-order valence-electron chi connectivity index (χ0n) is 12.5. The molecule has 2 atom stereocenters. The van der Waals surface area contributed by atoms with Crippen LogP contribution < -0.4 is 5.73 Å². The molecule has 1 saturated heterocycles. The maximum atomic E-state index is 12.6. The van der Waals surface area contributed by atoms with Crippen LogP contribution in [0.5, 0.6) is 0 Å². The van der Waals surface area contributed by atoms with Gasteiger partial charge in [0.15, 0.2) is 0 Å². The summed E-state index contributed by atoms with van der Waals surface area (Å²) in [5, 5.41) is 0. The lowest BCUT2D eigenvalue weighted by molar-refractivity contribution is -0.136. The van der Waals surface area contributed by atoms with Gasteiger partial charge < -0.3 is 10.6 Å². The second-order valence-electron chi connectivity index (χ2n) is 6.23. The summed E-state index contributed by atoms with van der Waals surface area (Å²) in [6.45, 7) is 3.76. The van der Waals surface area contributed by atoms with Crippen molar-refractivity contribution in [2.24, 2.45) is 5.73 Å². The largest absolute Gasteiger partial charge is 0.344 e. The quantitative estimate of drug-likeness (QED) is 0.845. The lowest BCUT2D eigenvalue weighted by Gasteiger charge is -2.41. The monoisotopic (exact) mass is 267 g/mol. The molecular weight excluding hydrogens is 238 g/mol. The van der Waals surface area contributed by atoms with Gasteiger partial charge in [-0.1, -0.05) is 19.3 Å². The molecule has 1 saturated carbocycles. The first-order valence-electron chi connectivity index (χ1n) is 7.87. The zero-order chi connectivity index (χ0) is 13.8. The van der Waals surface area contributed by atoms with Crippen LogP contribution in [0.1, 0.15) is 51.9 Å². The van der Waals surface area contributed by atoms with Crippen LogP contribution in [-0.2, 0) is 4.79 Å².